The van der Waals surface area contributed by atoms with Gasteiger partial charge in [-0.05, 0) is 5.56 Å². The number of rotatable bonds is 2. The van der Waals surface area contributed by atoms with Gasteiger partial charge in [0.25, 0.3) is 0 Å². The highest BCUT2D eigenvalue weighted by Gasteiger charge is 2.01. The van der Waals surface area contributed by atoms with Gasteiger partial charge >= 0.3 is 0 Å². The average Bonchev–Trinajstić information content (AvgIpc) is 2.72. The monoisotopic (exact) mass is 210 g/mol. The number of benzene rings is 1. The normalized spacial score (nSPS) is 10.8. The smallest absolute Gasteiger partial charge is 0.184 e. The van der Waals surface area contributed by atoms with Gasteiger partial charge in [0.05, 0.1) is 11.9 Å². The lowest BCUT2D eigenvalue weighted by molar-refractivity contribution is 0.693. The SMILES string of the molecule is c1ccc(Cn2cc3cncnc3n2)cc1. The molecule has 0 N–H and O–H groups in total. The number of hydrogen-bond donors (Lipinski definition) is 0. The Labute approximate surface area is 92.6 Å². The molecule has 4 heteroatoms. The van der Waals surface area contributed by atoms with Crippen molar-refractivity contribution >= 4 is 11.0 Å². The molecule has 0 amide bonds. The molecule has 3 aromatic rings. The number of aromatic nitrogens is 4. The molecular formula is C12H10N4. The fourth-order valence-electron chi connectivity index (χ4n) is 1.67. The van der Waals surface area contributed by atoms with Crippen LogP contribution in [0.25, 0.3) is 11.0 Å². The molecule has 4 nitrogen and oxygen atoms in total. The molecular weight excluding hydrogens is 200 g/mol. The van der Waals surface area contributed by atoms with Crippen molar-refractivity contribution in [2.45, 2.75) is 6.54 Å². The van der Waals surface area contributed by atoms with Crippen molar-refractivity contribution in [3.8, 4) is 0 Å². The van der Waals surface area contributed by atoms with Crippen LogP contribution in [0.2, 0.25) is 0 Å². The van der Waals surface area contributed by atoms with E-state index >= 15 is 0 Å². The van der Waals surface area contributed by atoms with Gasteiger partial charge in [0.1, 0.15) is 6.33 Å². The maximum Gasteiger partial charge on any atom is 0.184 e. The lowest BCUT2D eigenvalue weighted by Crippen LogP contribution is -1.99. The zero-order chi connectivity index (χ0) is 10.8. The molecule has 0 unspecified atom stereocenters. The van der Waals surface area contributed by atoms with Crippen LogP contribution >= 0.6 is 0 Å². The van der Waals surface area contributed by atoms with Crippen LogP contribution in [0.15, 0.2) is 49.1 Å². The van der Waals surface area contributed by atoms with Crippen LogP contribution in [-0.4, -0.2) is 19.7 Å². The third kappa shape index (κ3) is 1.65. The topological polar surface area (TPSA) is 43.6 Å². The maximum absolute atomic E-state index is 4.37. The Bertz CT molecular complexity index is 567. The van der Waals surface area contributed by atoms with Gasteiger partial charge in [-0.2, -0.15) is 5.10 Å². The predicted octanol–water partition coefficient (Wildman–Crippen LogP) is 1.87. The minimum atomic E-state index is 0.742. The van der Waals surface area contributed by atoms with Gasteiger partial charge in [0.15, 0.2) is 5.65 Å². The zero-order valence-corrected chi connectivity index (χ0v) is 8.61. The summed E-state index contributed by atoms with van der Waals surface area (Å²) < 4.78 is 1.88. The molecule has 0 radical (unpaired) electrons. The van der Waals surface area contributed by atoms with Crippen molar-refractivity contribution in [3.05, 3.63) is 54.6 Å². The van der Waals surface area contributed by atoms with Gasteiger partial charge in [-0.25, -0.2) is 9.97 Å². The molecule has 2 aromatic heterocycles. The van der Waals surface area contributed by atoms with E-state index in [9.17, 15) is 0 Å². The molecule has 0 atom stereocenters. The second-order valence-electron chi connectivity index (χ2n) is 3.61. The van der Waals surface area contributed by atoms with Crippen molar-refractivity contribution in [2.75, 3.05) is 0 Å². The number of hydrogen-bond acceptors (Lipinski definition) is 3. The fraction of sp³-hybridized carbons (Fsp3) is 0.0833. The van der Waals surface area contributed by atoms with Crippen molar-refractivity contribution in [1.82, 2.24) is 19.7 Å². The summed E-state index contributed by atoms with van der Waals surface area (Å²) in [7, 11) is 0. The van der Waals surface area contributed by atoms with Gasteiger partial charge in [-0.3, -0.25) is 4.68 Å². The van der Waals surface area contributed by atoms with Gasteiger partial charge in [-0.1, -0.05) is 30.3 Å². The van der Waals surface area contributed by atoms with Crippen LogP contribution in [0.1, 0.15) is 5.56 Å². The van der Waals surface area contributed by atoms with Crippen molar-refractivity contribution in [1.29, 1.82) is 0 Å². The van der Waals surface area contributed by atoms with E-state index in [0.29, 0.717) is 0 Å². The summed E-state index contributed by atoms with van der Waals surface area (Å²) in [6.45, 7) is 0.761. The molecule has 0 aliphatic heterocycles. The summed E-state index contributed by atoms with van der Waals surface area (Å²) in [6.07, 6.45) is 5.25. The zero-order valence-electron chi connectivity index (χ0n) is 8.61. The first-order chi connectivity index (χ1) is 7.92. The van der Waals surface area contributed by atoms with Crippen LogP contribution in [-0.2, 0) is 6.54 Å². The van der Waals surface area contributed by atoms with Crippen molar-refractivity contribution in [3.63, 3.8) is 0 Å². The van der Waals surface area contributed by atoms with E-state index in [0.717, 1.165) is 17.6 Å². The highest BCUT2D eigenvalue weighted by Crippen LogP contribution is 2.08. The van der Waals surface area contributed by atoms with E-state index in [4.69, 9.17) is 0 Å². The molecule has 0 saturated heterocycles. The maximum atomic E-state index is 4.37. The van der Waals surface area contributed by atoms with E-state index < -0.39 is 0 Å². The van der Waals surface area contributed by atoms with Crippen LogP contribution < -0.4 is 0 Å². The van der Waals surface area contributed by atoms with Gasteiger partial charge in [-0.15, -0.1) is 0 Å². The predicted molar refractivity (Wildman–Crippen MR) is 60.9 cm³/mol. The molecule has 0 aliphatic rings. The third-order valence-electron chi connectivity index (χ3n) is 2.42. The van der Waals surface area contributed by atoms with E-state index in [1.165, 1.54) is 11.9 Å². The lowest BCUT2D eigenvalue weighted by atomic mass is 10.2. The Morgan fingerprint density at radius 2 is 2.00 bits per heavy atom. The molecule has 2 heterocycles. The Morgan fingerprint density at radius 3 is 2.81 bits per heavy atom. The highest BCUT2D eigenvalue weighted by molar-refractivity contribution is 5.72. The van der Waals surface area contributed by atoms with E-state index in [-0.39, 0.29) is 0 Å². The number of nitrogens with zero attached hydrogens (tertiary/aromatic N) is 4. The third-order valence-corrected chi connectivity index (χ3v) is 2.42. The minimum Gasteiger partial charge on any atom is -0.265 e. The Balaban J connectivity index is 1.95. The second-order valence-corrected chi connectivity index (χ2v) is 3.61. The molecule has 3 rings (SSSR count). The van der Waals surface area contributed by atoms with Crippen LogP contribution in [0.5, 0.6) is 0 Å². The van der Waals surface area contributed by atoms with Crippen LogP contribution in [0.4, 0.5) is 0 Å². The van der Waals surface area contributed by atoms with Gasteiger partial charge < -0.3 is 0 Å². The van der Waals surface area contributed by atoms with Crippen LogP contribution in [0, 0.1) is 0 Å². The standard InChI is InChI=1S/C12H10N4/c1-2-4-10(5-3-1)7-16-8-11-6-13-9-14-12(11)15-16/h1-6,8-9H,7H2. The largest absolute Gasteiger partial charge is 0.265 e. The fourth-order valence-corrected chi connectivity index (χ4v) is 1.67. The first kappa shape index (κ1) is 9.03. The average molecular weight is 210 g/mol. The highest BCUT2D eigenvalue weighted by atomic mass is 15.3. The van der Waals surface area contributed by atoms with Crippen LogP contribution in [0.3, 0.4) is 0 Å². The summed E-state index contributed by atoms with van der Waals surface area (Å²) in [5.74, 6) is 0. The molecule has 78 valence electrons. The Morgan fingerprint density at radius 1 is 1.12 bits per heavy atom. The summed E-state index contributed by atoms with van der Waals surface area (Å²) in [6, 6.07) is 10.2. The van der Waals surface area contributed by atoms with E-state index in [1.807, 2.05) is 29.1 Å². The molecule has 0 bridgehead atoms. The van der Waals surface area contributed by atoms with Gasteiger partial charge in [0.2, 0.25) is 0 Å². The quantitative estimate of drug-likeness (QED) is 0.648. The van der Waals surface area contributed by atoms with Gasteiger partial charge in [0, 0.05) is 12.4 Å². The van der Waals surface area contributed by atoms with Crippen molar-refractivity contribution in [2.24, 2.45) is 0 Å². The Hall–Kier alpha value is -2.23. The lowest BCUT2D eigenvalue weighted by Gasteiger charge is -1.99. The second kappa shape index (κ2) is 3.73. The van der Waals surface area contributed by atoms with E-state index in [1.54, 1.807) is 6.20 Å². The summed E-state index contributed by atoms with van der Waals surface area (Å²) in [5.41, 5.74) is 1.97. The molecule has 0 spiro atoms. The summed E-state index contributed by atoms with van der Waals surface area (Å²) in [5, 5.41) is 5.34. The van der Waals surface area contributed by atoms with E-state index in [2.05, 4.69) is 27.2 Å². The molecule has 16 heavy (non-hydrogen) atoms. The van der Waals surface area contributed by atoms with Crippen molar-refractivity contribution < 1.29 is 0 Å². The Kier molecular flexibility index (Phi) is 2.11. The number of fused-ring (bicyclic) bond motifs is 1. The molecule has 0 saturated carbocycles. The first-order valence-corrected chi connectivity index (χ1v) is 5.09. The first-order valence-electron chi connectivity index (χ1n) is 5.09. The molecule has 0 fully saturated rings. The summed E-state index contributed by atoms with van der Waals surface area (Å²) >= 11 is 0. The molecule has 0 aliphatic carbocycles. The summed E-state index contributed by atoms with van der Waals surface area (Å²) in [4.78, 5) is 8.07. The minimum absolute atomic E-state index is 0.742. The molecule has 1 aromatic carbocycles.